The fourth-order valence-corrected chi connectivity index (χ4v) is 0. The molecule has 12 nitrogen and oxygen atoms in total. The first-order valence-corrected chi connectivity index (χ1v) is 2.83. The summed E-state index contributed by atoms with van der Waals surface area (Å²) >= 11 is 0. The monoisotopic (exact) mass is 504 g/mol. The number of hydrogen-bond acceptors (Lipinski definition) is 12. The SMILES string of the molecule is O=C[O-].O=C[O-].O=C[O-].O=C[O-].O=C[O-].O=C[O-].[K+].[K+].[K+].[K+].[K+].[K+]. The average molecular weight is 505 g/mol. The van der Waals surface area contributed by atoms with Gasteiger partial charge in [0.2, 0.25) is 0 Å². The fraction of sp³-hybridized carbons (Fsp3) is 0. The fourth-order valence-electron chi connectivity index (χ4n) is 0. The first kappa shape index (κ1) is 77.5. The number of rotatable bonds is 0. The van der Waals surface area contributed by atoms with E-state index in [2.05, 4.69) is 0 Å². The third-order valence-corrected chi connectivity index (χ3v) is 0. The molecule has 0 saturated carbocycles. The Kier molecular flexibility index (Phi) is 491. The first-order valence-electron chi connectivity index (χ1n) is 2.83. The summed E-state index contributed by atoms with van der Waals surface area (Å²) in [4.78, 5) is 49.5. The second-order valence-corrected chi connectivity index (χ2v) is 0.577. The van der Waals surface area contributed by atoms with Crippen LogP contribution in [-0.2, 0) is 28.8 Å². The molecule has 0 unspecified atom stereocenters. The third-order valence-electron chi connectivity index (χ3n) is 0. The van der Waals surface area contributed by atoms with Crippen molar-refractivity contribution in [3.8, 4) is 0 Å². The van der Waals surface area contributed by atoms with E-state index in [1.165, 1.54) is 0 Å². The van der Waals surface area contributed by atoms with E-state index in [4.69, 9.17) is 59.4 Å². The van der Waals surface area contributed by atoms with Gasteiger partial charge in [-0.15, -0.1) is 0 Å². The van der Waals surface area contributed by atoms with Gasteiger partial charge in [-0.25, -0.2) is 0 Å². The van der Waals surface area contributed by atoms with Gasteiger partial charge in [0.25, 0.3) is 0 Å². The molecule has 0 aliphatic carbocycles. The van der Waals surface area contributed by atoms with Crippen LogP contribution in [-0.4, -0.2) is 38.8 Å². The van der Waals surface area contributed by atoms with Crippen LogP contribution in [0.3, 0.4) is 0 Å². The largest absolute Gasteiger partial charge is 1.00 e. The van der Waals surface area contributed by atoms with Crippen LogP contribution in [0.15, 0.2) is 0 Å². The zero-order valence-electron chi connectivity index (χ0n) is 14.4. The van der Waals surface area contributed by atoms with Crippen molar-refractivity contribution in [1.29, 1.82) is 0 Å². The molecule has 0 radical (unpaired) electrons. The molecular weight excluding hydrogens is 499 g/mol. The molecule has 0 aliphatic rings. The van der Waals surface area contributed by atoms with Crippen LogP contribution in [0.1, 0.15) is 0 Å². The molecule has 0 N–H and O–H groups in total. The van der Waals surface area contributed by atoms with Gasteiger partial charge >= 0.3 is 308 Å². The van der Waals surface area contributed by atoms with Gasteiger partial charge in [-0.2, -0.15) is 0 Å². The van der Waals surface area contributed by atoms with E-state index in [-0.39, 0.29) is 308 Å². The molecule has 0 spiro atoms. The van der Waals surface area contributed by atoms with Crippen molar-refractivity contribution in [2.24, 2.45) is 0 Å². The van der Waals surface area contributed by atoms with Gasteiger partial charge < -0.3 is 59.4 Å². The second kappa shape index (κ2) is 152. The van der Waals surface area contributed by atoms with Gasteiger partial charge in [-0.05, 0) is 0 Å². The quantitative estimate of drug-likeness (QED) is 0.220. The molecule has 0 atom stereocenters. The summed E-state index contributed by atoms with van der Waals surface area (Å²) in [5.41, 5.74) is 0. The van der Waals surface area contributed by atoms with Crippen molar-refractivity contribution in [2.75, 3.05) is 0 Å². The zero-order valence-corrected chi connectivity index (χ0v) is 33.1. The molecule has 0 aromatic rings. The van der Waals surface area contributed by atoms with E-state index >= 15 is 0 Å². The molecule has 108 valence electrons. The summed E-state index contributed by atoms with van der Waals surface area (Å²) in [5.74, 6) is 0. The van der Waals surface area contributed by atoms with E-state index in [0.717, 1.165) is 0 Å². The number of hydrogen-bond donors (Lipinski definition) is 0. The summed E-state index contributed by atoms with van der Waals surface area (Å²) in [7, 11) is 0. The summed E-state index contributed by atoms with van der Waals surface area (Å²) in [6.45, 7) is -3.00. The van der Waals surface area contributed by atoms with Gasteiger partial charge in [0.15, 0.2) is 0 Å². The summed E-state index contributed by atoms with van der Waals surface area (Å²) < 4.78 is 0. The molecule has 0 amide bonds. The van der Waals surface area contributed by atoms with Crippen LogP contribution < -0.4 is 339 Å². The van der Waals surface area contributed by atoms with E-state index in [1.807, 2.05) is 0 Å². The Morgan fingerprint density at radius 3 is 0.292 bits per heavy atom. The number of carbonyl (C=O) groups excluding carboxylic acids is 6. The Hall–Kier alpha value is 6.64. The molecule has 0 saturated heterocycles. The second-order valence-electron chi connectivity index (χ2n) is 0.577. The summed E-state index contributed by atoms with van der Waals surface area (Å²) in [6.07, 6.45) is 0. The Bertz CT molecular complexity index is 128. The van der Waals surface area contributed by atoms with Crippen LogP contribution in [0.25, 0.3) is 0 Å². The van der Waals surface area contributed by atoms with Gasteiger partial charge in [0, 0.05) is 38.8 Å². The van der Waals surface area contributed by atoms with Crippen LogP contribution >= 0.6 is 0 Å². The first-order chi connectivity index (χ1) is 8.49. The smallest absolute Gasteiger partial charge is 0.554 e. The van der Waals surface area contributed by atoms with Crippen molar-refractivity contribution in [3.05, 3.63) is 0 Å². The van der Waals surface area contributed by atoms with E-state index < -0.39 is 38.8 Å². The molecule has 18 heteroatoms. The van der Waals surface area contributed by atoms with Crippen molar-refractivity contribution >= 4 is 38.8 Å². The minimum absolute atomic E-state index is 0. The molecule has 0 heterocycles. The predicted molar refractivity (Wildman–Crippen MR) is 36.4 cm³/mol. The van der Waals surface area contributed by atoms with Crippen LogP contribution in [0.4, 0.5) is 0 Å². The Morgan fingerprint density at radius 2 is 0.292 bits per heavy atom. The Morgan fingerprint density at radius 1 is 0.292 bits per heavy atom. The topological polar surface area (TPSA) is 241 Å². The van der Waals surface area contributed by atoms with Crippen LogP contribution in [0, 0.1) is 0 Å². The van der Waals surface area contributed by atoms with E-state index in [0.29, 0.717) is 0 Å². The van der Waals surface area contributed by atoms with Gasteiger partial charge in [0.1, 0.15) is 0 Å². The standard InChI is InChI=1S/6CH2O2.6K/c6*2-1-3;;;;;;/h6*1H,(H,2,3);;;;;;/q;;;;;;6*+1/p-6. The molecule has 0 aromatic heterocycles. The molecule has 0 fully saturated rings. The minimum Gasteiger partial charge on any atom is -0.554 e. The normalized spacial score (nSPS) is 3.00. The van der Waals surface area contributed by atoms with Crippen LogP contribution in [0.5, 0.6) is 0 Å². The maximum atomic E-state index is 8.25. The van der Waals surface area contributed by atoms with E-state index in [9.17, 15) is 0 Å². The molecule has 0 rings (SSSR count). The molecular formula is C6H6K6O12. The third kappa shape index (κ3) is 496. The van der Waals surface area contributed by atoms with Crippen molar-refractivity contribution in [3.63, 3.8) is 0 Å². The summed E-state index contributed by atoms with van der Waals surface area (Å²) in [5, 5.41) is 49.5. The van der Waals surface area contributed by atoms with Crippen molar-refractivity contribution in [1.82, 2.24) is 0 Å². The maximum Gasteiger partial charge on any atom is 1.00 e. The van der Waals surface area contributed by atoms with Crippen LogP contribution in [0.2, 0.25) is 0 Å². The van der Waals surface area contributed by atoms with Gasteiger partial charge in [0.05, 0.1) is 0 Å². The molecule has 0 bridgehead atoms. The number of carboxylic acid groups (broad SMARTS) is 6. The molecule has 0 aromatic carbocycles. The molecule has 0 aliphatic heterocycles. The van der Waals surface area contributed by atoms with Crippen molar-refractivity contribution < 1.29 is 368 Å². The Balaban J connectivity index is -0.00000000686. The average Bonchev–Trinajstić information content (AvgIpc) is 2.23. The zero-order chi connectivity index (χ0) is 16.2. The van der Waals surface area contributed by atoms with Crippen molar-refractivity contribution in [2.45, 2.75) is 0 Å². The number of carbonyl (C=O) groups is 6. The molecule has 24 heavy (non-hydrogen) atoms. The maximum absolute atomic E-state index is 8.25. The summed E-state index contributed by atoms with van der Waals surface area (Å²) in [6, 6.07) is 0. The van der Waals surface area contributed by atoms with E-state index in [1.54, 1.807) is 0 Å². The Labute approximate surface area is 393 Å². The van der Waals surface area contributed by atoms with Gasteiger partial charge in [-0.3, -0.25) is 0 Å². The minimum atomic E-state index is -0.500. The van der Waals surface area contributed by atoms with Gasteiger partial charge in [-0.1, -0.05) is 0 Å². The predicted octanol–water partition coefficient (Wildman–Crippen LogP) is -27.8.